The van der Waals surface area contributed by atoms with Crippen molar-refractivity contribution >= 4 is 38.8 Å². The quantitative estimate of drug-likeness (QED) is 0.271. The number of piperazine rings is 1. The van der Waals surface area contributed by atoms with Crippen LogP contribution >= 0.6 is 11.6 Å². The predicted octanol–water partition coefficient (Wildman–Crippen LogP) is 5.16. The maximum Gasteiger partial charge on any atom is 0.242 e. The normalized spacial score (nSPS) is 18.7. The van der Waals surface area contributed by atoms with E-state index in [-0.39, 0.29) is 11.0 Å². The Kier molecular flexibility index (Phi) is 10.3. The number of nitrogens with zero attached hydrogens (tertiary/aromatic N) is 5. The number of likely N-dealkylation sites (N-methyl/N-ethyl adjacent to an activating group) is 1. The Labute approximate surface area is 278 Å². The van der Waals surface area contributed by atoms with E-state index in [0.29, 0.717) is 47.3 Å². The van der Waals surface area contributed by atoms with Gasteiger partial charge in [-0.05, 0) is 70.7 Å². The fourth-order valence-electron chi connectivity index (χ4n) is 6.23. The Balaban J connectivity index is 1.16. The largest absolute Gasteiger partial charge is 0.491 e. The minimum Gasteiger partial charge on any atom is -0.491 e. The minimum atomic E-state index is -3.70. The molecule has 0 amide bonds. The van der Waals surface area contributed by atoms with Gasteiger partial charge in [-0.3, -0.25) is 4.90 Å². The molecule has 46 heavy (non-hydrogen) atoms. The summed E-state index contributed by atoms with van der Waals surface area (Å²) in [5.41, 5.74) is 2.55. The molecule has 0 unspecified atom stereocenters. The van der Waals surface area contributed by atoms with Gasteiger partial charge in [-0.1, -0.05) is 29.8 Å². The van der Waals surface area contributed by atoms with Crippen molar-refractivity contribution < 1.29 is 13.2 Å². The fourth-order valence-corrected chi connectivity index (χ4v) is 7.65. The van der Waals surface area contributed by atoms with Crippen LogP contribution in [-0.4, -0.2) is 93.2 Å². The summed E-state index contributed by atoms with van der Waals surface area (Å²) in [7, 11) is -1.50. The van der Waals surface area contributed by atoms with Gasteiger partial charge < -0.3 is 19.9 Å². The number of hydrogen-bond acceptors (Lipinski definition) is 9. The van der Waals surface area contributed by atoms with Crippen molar-refractivity contribution in [3.63, 3.8) is 0 Å². The number of ether oxygens (including phenoxy) is 1. The number of nitrogens with one attached hydrogen (secondary N) is 2. The lowest BCUT2D eigenvalue weighted by molar-refractivity contribution is 0.0982. The van der Waals surface area contributed by atoms with Crippen molar-refractivity contribution in [3.8, 4) is 5.75 Å². The lowest BCUT2D eigenvalue weighted by Crippen LogP contribution is -2.52. The molecule has 0 bridgehead atoms. The molecule has 2 saturated heterocycles. The molecule has 6 rings (SSSR count). The van der Waals surface area contributed by atoms with Crippen LogP contribution in [0.1, 0.15) is 50.9 Å². The van der Waals surface area contributed by atoms with Crippen LogP contribution in [0.4, 0.5) is 17.2 Å². The zero-order valence-electron chi connectivity index (χ0n) is 27.1. The van der Waals surface area contributed by atoms with Crippen molar-refractivity contribution in [2.45, 2.75) is 63.0 Å². The number of benzene rings is 2. The van der Waals surface area contributed by atoms with Gasteiger partial charge in [0.25, 0.3) is 0 Å². The van der Waals surface area contributed by atoms with Crippen molar-refractivity contribution in [3.05, 3.63) is 65.1 Å². The van der Waals surface area contributed by atoms with Crippen molar-refractivity contribution in [2.75, 3.05) is 63.1 Å². The van der Waals surface area contributed by atoms with E-state index >= 15 is 0 Å². The molecule has 3 fully saturated rings. The molecule has 2 N–H and O–H groups in total. The Bertz CT molecular complexity index is 1600. The molecule has 0 atom stereocenters. The summed E-state index contributed by atoms with van der Waals surface area (Å²) in [5, 5.41) is 3.46. The van der Waals surface area contributed by atoms with Crippen molar-refractivity contribution in [2.24, 2.45) is 5.92 Å². The standard InChI is InChI=1S/C34H46ClN7O3S/c1-24(2)45-31-21-28(41-14-12-27(13-15-41)42-18-16-40(3)17-19-42)11-10-26(31)20-33-36-23-29(35)34(39-33)38-30-6-4-5-7-32(30)46(43,44)37-22-25-8-9-25/h4-7,10-11,21,23-25,27,37H,8-9,12-20,22H2,1-3H3,(H,36,38,39). The van der Waals surface area contributed by atoms with Gasteiger partial charge in [-0.15, -0.1) is 0 Å². The summed E-state index contributed by atoms with van der Waals surface area (Å²) >= 11 is 6.51. The van der Waals surface area contributed by atoms with Crippen LogP contribution in [0.3, 0.4) is 0 Å². The van der Waals surface area contributed by atoms with Crippen LogP contribution in [0, 0.1) is 5.92 Å². The third-order valence-corrected chi connectivity index (χ3v) is 10.9. The minimum absolute atomic E-state index is 0.00677. The van der Waals surface area contributed by atoms with Crippen LogP contribution in [0.25, 0.3) is 0 Å². The molecule has 0 radical (unpaired) electrons. The van der Waals surface area contributed by atoms with E-state index in [0.717, 1.165) is 63.4 Å². The van der Waals surface area contributed by atoms with Gasteiger partial charge in [0.05, 0.1) is 18.0 Å². The average molecular weight is 668 g/mol. The van der Waals surface area contributed by atoms with Crippen LogP contribution in [0.5, 0.6) is 5.75 Å². The molecule has 12 heteroatoms. The van der Waals surface area contributed by atoms with Gasteiger partial charge in [0.2, 0.25) is 10.0 Å². The van der Waals surface area contributed by atoms with Gasteiger partial charge in [0.15, 0.2) is 5.82 Å². The van der Waals surface area contributed by atoms with Gasteiger partial charge in [-0.25, -0.2) is 23.1 Å². The SMILES string of the molecule is CC(C)Oc1cc(N2CCC(N3CCN(C)CC3)CC2)ccc1Cc1ncc(Cl)c(Nc2ccccc2S(=O)(=O)NCC2CC2)n1. The molecule has 3 heterocycles. The third kappa shape index (κ3) is 8.30. The Morgan fingerprint density at radius 2 is 1.74 bits per heavy atom. The van der Waals surface area contributed by atoms with Gasteiger partial charge in [0, 0.05) is 75.6 Å². The maximum absolute atomic E-state index is 13.1. The Morgan fingerprint density at radius 3 is 2.46 bits per heavy atom. The third-order valence-electron chi connectivity index (χ3n) is 9.13. The van der Waals surface area contributed by atoms with E-state index in [1.54, 1.807) is 30.5 Å². The van der Waals surface area contributed by atoms with E-state index in [1.165, 1.54) is 18.5 Å². The molecular formula is C34H46ClN7O3S. The van der Waals surface area contributed by atoms with Gasteiger partial charge in [-0.2, -0.15) is 0 Å². The first-order chi connectivity index (χ1) is 22.1. The first-order valence-corrected chi connectivity index (χ1v) is 18.3. The number of para-hydroxylation sites is 1. The fraction of sp³-hybridized carbons (Fsp3) is 0.529. The topological polar surface area (TPSA) is 103 Å². The smallest absolute Gasteiger partial charge is 0.242 e. The molecule has 3 aliphatic rings. The highest BCUT2D eigenvalue weighted by Gasteiger charge is 2.28. The Hall–Kier alpha value is -2.96. The molecular weight excluding hydrogens is 622 g/mol. The summed E-state index contributed by atoms with van der Waals surface area (Å²) in [6, 6.07) is 13.9. The number of aromatic nitrogens is 2. The highest BCUT2D eigenvalue weighted by Crippen LogP contribution is 2.33. The molecule has 10 nitrogen and oxygen atoms in total. The molecule has 2 aliphatic heterocycles. The molecule has 1 aromatic heterocycles. The first kappa shape index (κ1) is 33.0. The lowest BCUT2D eigenvalue weighted by atomic mass is 10.0. The molecule has 248 valence electrons. The summed E-state index contributed by atoms with van der Waals surface area (Å²) in [6.45, 7) is 11.2. The highest BCUT2D eigenvalue weighted by atomic mass is 35.5. The molecule has 3 aromatic rings. The second kappa shape index (κ2) is 14.4. The van der Waals surface area contributed by atoms with Crippen molar-refractivity contribution in [1.82, 2.24) is 24.5 Å². The molecule has 1 saturated carbocycles. The zero-order valence-corrected chi connectivity index (χ0v) is 28.7. The first-order valence-electron chi connectivity index (χ1n) is 16.5. The number of anilines is 3. The van der Waals surface area contributed by atoms with E-state index in [9.17, 15) is 8.42 Å². The Morgan fingerprint density at radius 1 is 1.00 bits per heavy atom. The van der Waals surface area contributed by atoms with Crippen molar-refractivity contribution in [1.29, 1.82) is 0 Å². The molecule has 0 spiro atoms. The summed E-state index contributed by atoms with van der Waals surface area (Å²) in [6.07, 6.45) is 6.45. The summed E-state index contributed by atoms with van der Waals surface area (Å²) < 4.78 is 35.2. The number of halogens is 1. The highest BCUT2D eigenvalue weighted by molar-refractivity contribution is 7.89. The van der Waals surface area contributed by atoms with Crippen LogP contribution < -0.4 is 19.7 Å². The molecule has 1 aliphatic carbocycles. The zero-order chi connectivity index (χ0) is 32.3. The number of sulfonamides is 1. The van der Waals surface area contributed by atoms with Crippen LogP contribution in [0.2, 0.25) is 5.02 Å². The summed E-state index contributed by atoms with van der Waals surface area (Å²) in [4.78, 5) is 16.9. The van der Waals surface area contributed by atoms with E-state index in [2.05, 4.69) is 55.0 Å². The molecule has 2 aromatic carbocycles. The second-order valence-electron chi connectivity index (χ2n) is 13.1. The number of hydrogen-bond donors (Lipinski definition) is 2. The number of piperidine rings is 1. The average Bonchev–Trinajstić information content (AvgIpc) is 3.88. The predicted molar refractivity (Wildman–Crippen MR) is 184 cm³/mol. The second-order valence-corrected chi connectivity index (χ2v) is 15.2. The van der Waals surface area contributed by atoms with Crippen LogP contribution in [0.15, 0.2) is 53.6 Å². The maximum atomic E-state index is 13.1. The van der Waals surface area contributed by atoms with E-state index in [4.69, 9.17) is 21.3 Å². The van der Waals surface area contributed by atoms with E-state index in [1.807, 2.05) is 13.8 Å². The summed E-state index contributed by atoms with van der Waals surface area (Å²) in [5.74, 6) is 2.14. The van der Waals surface area contributed by atoms with Crippen LogP contribution in [-0.2, 0) is 16.4 Å². The van der Waals surface area contributed by atoms with E-state index < -0.39 is 10.0 Å². The van der Waals surface area contributed by atoms with Gasteiger partial charge >= 0.3 is 0 Å². The van der Waals surface area contributed by atoms with Gasteiger partial charge in [0.1, 0.15) is 21.5 Å². The monoisotopic (exact) mass is 667 g/mol. The lowest BCUT2D eigenvalue weighted by Gasteiger charge is -2.42. The number of rotatable bonds is 12.